The van der Waals surface area contributed by atoms with Crippen molar-refractivity contribution in [1.29, 1.82) is 0 Å². The van der Waals surface area contributed by atoms with Crippen LogP contribution in [0.2, 0.25) is 0 Å². The molecule has 6 heteroatoms. The van der Waals surface area contributed by atoms with Crippen molar-refractivity contribution in [3.8, 4) is 5.75 Å². The van der Waals surface area contributed by atoms with E-state index in [2.05, 4.69) is 4.74 Å². The Balaban J connectivity index is 2.55. The Morgan fingerprint density at radius 2 is 1.88 bits per heavy atom. The molecule has 1 aromatic heterocycles. The summed E-state index contributed by atoms with van der Waals surface area (Å²) in [6, 6.07) is 4.53. The summed E-state index contributed by atoms with van der Waals surface area (Å²) in [6.45, 7) is 0. The minimum Gasteiger partial charge on any atom is -0.427 e. The summed E-state index contributed by atoms with van der Waals surface area (Å²) in [5.41, 5.74) is -0.468. The molecule has 0 N–H and O–H groups in total. The molecular formula is C11H5F3O3. The van der Waals surface area contributed by atoms with Crippen LogP contribution < -0.4 is 10.4 Å². The van der Waals surface area contributed by atoms with E-state index in [1.165, 1.54) is 24.3 Å². The zero-order chi connectivity index (χ0) is 12.4. The SMILES string of the molecule is O=c1ccc2c(OC(F)=C(F)F)cccc2o1. The largest absolute Gasteiger partial charge is 0.427 e. The Labute approximate surface area is 92.7 Å². The maximum absolute atomic E-state index is 12.6. The maximum Gasteiger partial charge on any atom is 0.344 e. The van der Waals surface area contributed by atoms with Gasteiger partial charge < -0.3 is 9.15 Å². The maximum atomic E-state index is 12.6. The fourth-order valence-corrected chi connectivity index (χ4v) is 1.30. The van der Waals surface area contributed by atoms with Crippen molar-refractivity contribution in [2.24, 2.45) is 0 Å². The molecule has 88 valence electrons. The van der Waals surface area contributed by atoms with E-state index in [0.717, 1.165) is 6.07 Å². The second kappa shape index (κ2) is 4.32. The third-order valence-corrected chi connectivity index (χ3v) is 1.97. The molecule has 0 unspecified atom stereocenters. The van der Waals surface area contributed by atoms with Gasteiger partial charge in [-0.3, -0.25) is 0 Å². The third-order valence-electron chi connectivity index (χ3n) is 1.97. The van der Waals surface area contributed by atoms with Gasteiger partial charge >= 0.3 is 17.7 Å². The molecule has 0 bridgehead atoms. The van der Waals surface area contributed by atoms with Crippen LogP contribution in [0.15, 0.2) is 51.6 Å². The molecular weight excluding hydrogens is 237 g/mol. The highest BCUT2D eigenvalue weighted by molar-refractivity contribution is 5.83. The first-order valence-corrected chi connectivity index (χ1v) is 4.49. The van der Waals surface area contributed by atoms with E-state index in [4.69, 9.17) is 4.42 Å². The van der Waals surface area contributed by atoms with Gasteiger partial charge in [-0.1, -0.05) is 6.07 Å². The Kier molecular flexibility index (Phi) is 2.86. The molecule has 0 fully saturated rings. The lowest BCUT2D eigenvalue weighted by Crippen LogP contribution is -1.96. The molecule has 2 rings (SSSR count). The van der Waals surface area contributed by atoms with Crippen molar-refractivity contribution in [2.75, 3.05) is 0 Å². The summed E-state index contributed by atoms with van der Waals surface area (Å²) >= 11 is 0. The molecule has 17 heavy (non-hydrogen) atoms. The van der Waals surface area contributed by atoms with Gasteiger partial charge in [0, 0.05) is 6.07 Å². The van der Waals surface area contributed by atoms with Gasteiger partial charge in [-0.25, -0.2) is 4.79 Å². The molecule has 0 aliphatic rings. The third kappa shape index (κ3) is 2.30. The first-order chi connectivity index (χ1) is 8.08. The summed E-state index contributed by atoms with van der Waals surface area (Å²) in [6.07, 6.45) is -2.56. The van der Waals surface area contributed by atoms with E-state index < -0.39 is 17.7 Å². The number of hydrogen-bond donors (Lipinski definition) is 0. The van der Waals surface area contributed by atoms with E-state index in [1.54, 1.807) is 0 Å². The predicted octanol–water partition coefficient (Wildman–Crippen LogP) is 3.21. The van der Waals surface area contributed by atoms with Crippen LogP contribution in [0.3, 0.4) is 0 Å². The number of benzene rings is 1. The van der Waals surface area contributed by atoms with Gasteiger partial charge in [-0.15, -0.1) is 0 Å². The van der Waals surface area contributed by atoms with Crippen molar-refractivity contribution in [1.82, 2.24) is 0 Å². The highest BCUT2D eigenvalue weighted by Gasteiger charge is 2.11. The van der Waals surface area contributed by atoms with Gasteiger partial charge in [0.15, 0.2) is 0 Å². The van der Waals surface area contributed by atoms with Gasteiger partial charge in [0.2, 0.25) is 0 Å². The first kappa shape index (κ1) is 11.3. The lowest BCUT2D eigenvalue weighted by atomic mass is 10.2. The van der Waals surface area contributed by atoms with Crippen LogP contribution in [-0.2, 0) is 0 Å². The highest BCUT2D eigenvalue weighted by atomic mass is 19.3. The van der Waals surface area contributed by atoms with Gasteiger partial charge in [-0.05, 0) is 18.2 Å². The van der Waals surface area contributed by atoms with Crippen molar-refractivity contribution >= 4 is 11.0 Å². The van der Waals surface area contributed by atoms with Crippen molar-refractivity contribution in [3.05, 3.63) is 52.8 Å². The van der Waals surface area contributed by atoms with Gasteiger partial charge in [-0.2, -0.15) is 13.2 Å². The smallest absolute Gasteiger partial charge is 0.344 e. The Morgan fingerprint density at radius 1 is 1.12 bits per heavy atom. The minimum atomic E-state index is -2.56. The molecule has 0 amide bonds. The summed E-state index contributed by atoms with van der Waals surface area (Å²) < 4.78 is 45.5. The molecule has 3 nitrogen and oxygen atoms in total. The normalized spacial score (nSPS) is 10.3. The predicted molar refractivity (Wildman–Crippen MR) is 53.5 cm³/mol. The van der Waals surface area contributed by atoms with E-state index in [1.807, 2.05) is 0 Å². The monoisotopic (exact) mass is 242 g/mol. The number of fused-ring (bicyclic) bond motifs is 1. The molecule has 2 aromatic rings. The molecule has 0 aliphatic carbocycles. The lowest BCUT2D eigenvalue weighted by molar-refractivity contribution is 0.243. The summed E-state index contributed by atoms with van der Waals surface area (Å²) in [4.78, 5) is 10.9. The van der Waals surface area contributed by atoms with Gasteiger partial charge in [0.1, 0.15) is 11.3 Å². The zero-order valence-corrected chi connectivity index (χ0v) is 8.25. The fourth-order valence-electron chi connectivity index (χ4n) is 1.30. The van der Waals surface area contributed by atoms with Crippen molar-refractivity contribution in [2.45, 2.75) is 0 Å². The van der Waals surface area contributed by atoms with Crippen molar-refractivity contribution < 1.29 is 22.3 Å². The Bertz CT molecular complexity index is 642. The lowest BCUT2D eigenvalue weighted by Gasteiger charge is -2.04. The molecule has 0 spiro atoms. The molecule has 0 radical (unpaired) electrons. The second-order valence-corrected chi connectivity index (χ2v) is 3.06. The molecule has 0 saturated carbocycles. The standard InChI is InChI=1S/C11H5F3O3/c12-10(13)11(14)17-8-3-1-2-7-6(8)4-5-9(15)16-7/h1-5H. The minimum absolute atomic E-state index is 0.127. The van der Waals surface area contributed by atoms with E-state index in [0.29, 0.717) is 0 Å². The number of ether oxygens (including phenoxy) is 1. The number of rotatable bonds is 2. The van der Waals surface area contributed by atoms with Crippen LogP contribution in [0, 0.1) is 0 Å². The Morgan fingerprint density at radius 3 is 2.59 bits per heavy atom. The van der Waals surface area contributed by atoms with E-state index in [9.17, 15) is 18.0 Å². The van der Waals surface area contributed by atoms with Crippen LogP contribution in [0.1, 0.15) is 0 Å². The van der Waals surface area contributed by atoms with E-state index in [-0.39, 0.29) is 16.7 Å². The number of halogens is 3. The van der Waals surface area contributed by atoms with Crippen LogP contribution in [0.5, 0.6) is 5.75 Å². The summed E-state index contributed by atoms with van der Waals surface area (Å²) in [7, 11) is 0. The second-order valence-electron chi connectivity index (χ2n) is 3.06. The fraction of sp³-hybridized carbons (Fsp3) is 0. The quantitative estimate of drug-likeness (QED) is 0.599. The number of hydrogen-bond acceptors (Lipinski definition) is 3. The molecule has 1 aromatic carbocycles. The summed E-state index contributed by atoms with van der Waals surface area (Å²) in [5, 5.41) is 0.225. The molecule has 0 aliphatic heterocycles. The van der Waals surface area contributed by atoms with Gasteiger partial charge in [0.25, 0.3) is 0 Å². The van der Waals surface area contributed by atoms with Crippen LogP contribution >= 0.6 is 0 Å². The molecule has 0 atom stereocenters. The van der Waals surface area contributed by atoms with E-state index >= 15 is 0 Å². The van der Waals surface area contributed by atoms with Crippen LogP contribution in [-0.4, -0.2) is 0 Å². The van der Waals surface area contributed by atoms with Gasteiger partial charge in [0.05, 0.1) is 5.39 Å². The van der Waals surface area contributed by atoms with Crippen LogP contribution in [0.4, 0.5) is 13.2 Å². The van der Waals surface area contributed by atoms with Crippen LogP contribution in [0.25, 0.3) is 11.0 Å². The summed E-state index contributed by atoms with van der Waals surface area (Å²) in [5.74, 6) is -0.156. The molecule has 1 heterocycles. The average Bonchev–Trinajstić information content (AvgIpc) is 2.28. The average molecular weight is 242 g/mol. The van der Waals surface area contributed by atoms with Crippen molar-refractivity contribution in [3.63, 3.8) is 0 Å². The first-order valence-electron chi connectivity index (χ1n) is 4.49. The zero-order valence-electron chi connectivity index (χ0n) is 8.25. The Hall–Kier alpha value is -2.24. The topological polar surface area (TPSA) is 39.4 Å². The molecule has 0 saturated heterocycles. The highest BCUT2D eigenvalue weighted by Crippen LogP contribution is 2.27.